The second-order valence-electron chi connectivity index (χ2n) is 4.23. The van der Waals surface area contributed by atoms with Crippen molar-refractivity contribution in [1.82, 2.24) is 10.2 Å². The first-order chi connectivity index (χ1) is 5.37. The van der Waals surface area contributed by atoms with E-state index in [-0.39, 0.29) is 11.4 Å². The minimum absolute atomic E-state index is 0.00688. The van der Waals surface area contributed by atoms with E-state index in [1.54, 1.807) is 11.9 Å². The van der Waals surface area contributed by atoms with E-state index in [4.69, 9.17) is 0 Å². The molecule has 0 bridgehead atoms. The van der Waals surface area contributed by atoms with Crippen molar-refractivity contribution in [3.05, 3.63) is 0 Å². The van der Waals surface area contributed by atoms with Crippen molar-refractivity contribution in [3.8, 4) is 0 Å². The fraction of sp³-hybridized carbons (Fsp3) is 0.889. The van der Waals surface area contributed by atoms with Crippen LogP contribution in [0.2, 0.25) is 0 Å². The van der Waals surface area contributed by atoms with Crippen LogP contribution in [0.4, 0.5) is 4.79 Å². The largest absolute Gasteiger partial charge is 0.337 e. The summed E-state index contributed by atoms with van der Waals surface area (Å²) in [6.45, 7) is 9.71. The van der Waals surface area contributed by atoms with Crippen LogP contribution in [0.3, 0.4) is 0 Å². The Morgan fingerprint density at radius 1 is 1.42 bits per heavy atom. The first-order valence-electron chi connectivity index (χ1n) is 4.36. The lowest BCUT2D eigenvalue weighted by Crippen LogP contribution is -2.40. The minimum Gasteiger partial charge on any atom is -0.337 e. The summed E-state index contributed by atoms with van der Waals surface area (Å²) in [6, 6.07) is 0.00688. The Morgan fingerprint density at radius 2 is 1.92 bits per heavy atom. The minimum atomic E-state index is 0.00688. The number of rotatable bonds is 2. The molecule has 12 heavy (non-hydrogen) atoms. The van der Waals surface area contributed by atoms with Crippen molar-refractivity contribution in [1.29, 1.82) is 0 Å². The molecule has 0 heterocycles. The van der Waals surface area contributed by atoms with Gasteiger partial charge in [-0.25, -0.2) is 4.79 Å². The van der Waals surface area contributed by atoms with Gasteiger partial charge in [-0.15, -0.1) is 0 Å². The van der Waals surface area contributed by atoms with Crippen molar-refractivity contribution in [2.24, 2.45) is 5.41 Å². The smallest absolute Gasteiger partial charge is 0.317 e. The maximum Gasteiger partial charge on any atom is 0.317 e. The lowest BCUT2D eigenvalue weighted by Gasteiger charge is -2.22. The van der Waals surface area contributed by atoms with Gasteiger partial charge in [-0.1, -0.05) is 20.8 Å². The molecule has 0 aliphatic carbocycles. The highest BCUT2D eigenvalue weighted by molar-refractivity contribution is 5.73. The zero-order valence-corrected chi connectivity index (χ0v) is 8.77. The zero-order chi connectivity index (χ0) is 9.78. The van der Waals surface area contributed by atoms with Gasteiger partial charge in [0.15, 0.2) is 0 Å². The average Bonchev–Trinajstić information content (AvgIpc) is 1.97. The van der Waals surface area contributed by atoms with Crippen LogP contribution in [-0.4, -0.2) is 31.1 Å². The molecule has 1 N–H and O–H groups in total. The number of urea groups is 1. The first-order valence-corrected chi connectivity index (χ1v) is 4.36. The van der Waals surface area contributed by atoms with Crippen LogP contribution >= 0.6 is 0 Å². The Bertz CT molecular complexity index is 149. The van der Waals surface area contributed by atoms with Gasteiger partial charge in [-0.2, -0.15) is 0 Å². The fourth-order valence-corrected chi connectivity index (χ4v) is 0.619. The molecule has 0 aromatic heterocycles. The molecular weight excluding hydrogens is 152 g/mol. The van der Waals surface area contributed by atoms with E-state index >= 15 is 0 Å². The SMILES string of the molecule is CCN(C)C(=O)NCC(C)(C)C. The van der Waals surface area contributed by atoms with Gasteiger partial charge in [-0.3, -0.25) is 0 Å². The molecule has 0 rings (SSSR count). The van der Waals surface area contributed by atoms with E-state index < -0.39 is 0 Å². The van der Waals surface area contributed by atoms with E-state index in [1.807, 2.05) is 6.92 Å². The van der Waals surface area contributed by atoms with Gasteiger partial charge in [0.05, 0.1) is 0 Å². The fourth-order valence-electron chi connectivity index (χ4n) is 0.619. The van der Waals surface area contributed by atoms with Crippen LogP contribution in [0.1, 0.15) is 27.7 Å². The summed E-state index contributed by atoms with van der Waals surface area (Å²) in [7, 11) is 1.79. The normalized spacial score (nSPS) is 11.1. The summed E-state index contributed by atoms with van der Waals surface area (Å²) < 4.78 is 0. The Labute approximate surface area is 75.1 Å². The Kier molecular flexibility index (Phi) is 4.07. The summed E-state index contributed by atoms with van der Waals surface area (Å²) in [5.41, 5.74) is 0.157. The molecule has 0 aliphatic heterocycles. The predicted octanol–water partition coefficient (Wildman–Crippen LogP) is 1.69. The molecule has 2 amide bonds. The van der Waals surface area contributed by atoms with Crippen molar-refractivity contribution in [3.63, 3.8) is 0 Å². The molecule has 3 nitrogen and oxygen atoms in total. The molecule has 0 radical (unpaired) electrons. The second-order valence-corrected chi connectivity index (χ2v) is 4.23. The quantitative estimate of drug-likeness (QED) is 0.675. The van der Waals surface area contributed by atoms with E-state index in [2.05, 4.69) is 26.1 Å². The lowest BCUT2D eigenvalue weighted by atomic mass is 9.97. The van der Waals surface area contributed by atoms with Gasteiger partial charge in [0.25, 0.3) is 0 Å². The predicted molar refractivity (Wildman–Crippen MR) is 51.2 cm³/mol. The summed E-state index contributed by atoms with van der Waals surface area (Å²) in [6.07, 6.45) is 0. The number of carbonyl (C=O) groups is 1. The van der Waals surface area contributed by atoms with E-state index in [9.17, 15) is 4.79 Å². The second kappa shape index (κ2) is 4.33. The highest BCUT2D eigenvalue weighted by atomic mass is 16.2. The molecule has 72 valence electrons. The van der Waals surface area contributed by atoms with Gasteiger partial charge >= 0.3 is 6.03 Å². The van der Waals surface area contributed by atoms with Gasteiger partial charge in [0.1, 0.15) is 0 Å². The number of hydrogen-bond acceptors (Lipinski definition) is 1. The summed E-state index contributed by atoms with van der Waals surface area (Å²) in [5.74, 6) is 0. The number of nitrogens with zero attached hydrogens (tertiary/aromatic N) is 1. The number of amides is 2. The van der Waals surface area contributed by atoms with Crippen molar-refractivity contribution in [2.45, 2.75) is 27.7 Å². The van der Waals surface area contributed by atoms with Crippen LogP contribution in [0.25, 0.3) is 0 Å². The number of carbonyl (C=O) groups excluding carboxylic acids is 1. The van der Waals surface area contributed by atoms with Crippen molar-refractivity contribution < 1.29 is 4.79 Å². The average molecular weight is 172 g/mol. The van der Waals surface area contributed by atoms with Crippen LogP contribution < -0.4 is 5.32 Å². The topological polar surface area (TPSA) is 32.3 Å². The van der Waals surface area contributed by atoms with Crippen molar-refractivity contribution in [2.75, 3.05) is 20.1 Å². The molecule has 0 saturated heterocycles. The van der Waals surface area contributed by atoms with E-state index in [0.717, 1.165) is 13.1 Å². The third-order valence-electron chi connectivity index (χ3n) is 1.59. The Balaban J connectivity index is 3.72. The third kappa shape index (κ3) is 4.99. The molecule has 0 fully saturated rings. The molecule has 0 saturated carbocycles. The summed E-state index contributed by atoms with van der Waals surface area (Å²) in [4.78, 5) is 12.9. The Morgan fingerprint density at radius 3 is 2.25 bits per heavy atom. The number of hydrogen-bond donors (Lipinski definition) is 1. The molecule has 0 aromatic carbocycles. The maximum absolute atomic E-state index is 11.2. The van der Waals surface area contributed by atoms with Crippen LogP contribution in [0.5, 0.6) is 0 Å². The van der Waals surface area contributed by atoms with Gasteiger partial charge in [-0.05, 0) is 12.3 Å². The summed E-state index contributed by atoms with van der Waals surface area (Å²) >= 11 is 0. The first kappa shape index (κ1) is 11.3. The third-order valence-corrected chi connectivity index (χ3v) is 1.59. The van der Waals surface area contributed by atoms with Gasteiger partial charge in [0, 0.05) is 20.1 Å². The summed E-state index contributed by atoms with van der Waals surface area (Å²) in [5, 5.41) is 2.86. The molecule has 0 spiro atoms. The zero-order valence-electron chi connectivity index (χ0n) is 8.77. The van der Waals surface area contributed by atoms with Gasteiger partial charge < -0.3 is 10.2 Å². The highest BCUT2D eigenvalue weighted by Crippen LogP contribution is 2.10. The standard InChI is InChI=1S/C9H20N2O/c1-6-11(5)8(12)10-7-9(2,3)4/h6-7H2,1-5H3,(H,10,12). The Hall–Kier alpha value is -0.730. The molecule has 0 aliphatic rings. The van der Waals surface area contributed by atoms with Gasteiger partial charge in [0.2, 0.25) is 0 Å². The lowest BCUT2D eigenvalue weighted by molar-refractivity contribution is 0.206. The molecule has 0 aromatic rings. The molecule has 3 heteroatoms. The highest BCUT2D eigenvalue weighted by Gasteiger charge is 2.12. The molecule has 0 unspecified atom stereocenters. The van der Waals surface area contributed by atoms with Crippen LogP contribution in [-0.2, 0) is 0 Å². The van der Waals surface area contributed by atoms with Crippen molar-refractivity contribution >= 4 is 6.03 Å². The molecule has 0 atom stereocenters. The van der Waals surface area contributed by atoms with E-state index in [1.165, 1.54) is 0 Å². The van der Waals surface area contributed by atoms with E-state index in [0.29, 0.717) is 0 Å². The van der Waals surface area contributed by atoms with Crippen LogP contribution in [0, 0.1) is 5.41 Å². The molecular formula is C9H20N2O. The number of nitrogens with one attached hydrogen (secondary N) is 1. The van der Waals surface area contributed by atoms with Crippen LogP contribution in [0.15, 0.2) is 0 Å². The maximum atomic E-state index is 11.2. The monoisotopic (exact) mass is 172 g/mol.